The Morgan fingerprint density at radius 3 is 2.62 bits per heavy atom. The quantitative estimate of drug-likeness (QED) is 0.429. The lowest BCUT2D eigenvalue weighted by Gasteiger charge is -2.45. The van der Waals surface area contributed by atoms with Crippen LogP contribution in [0.15, 0.2) is 49.1 Å². The molecule has 0 saturated carbocycles. The smallest absolute Gasteiger partial charge is 0.309 e. The van der Waals surface area contributed by atoms with Crippen LogP contribution in [-0.4, -0.2) is 34.0 Å². The number of carbonyl (C=O) groups is 1. The first kappa shape index (κ1) is 23.9. The number of fused-ring (bicyclic) bond motifs is 3. The Balaban J connectivity index is 2.14. The molecule has 2 heterocycles. The van der Waals surface area contributed by atoms with E-state index in [1.807, 2.05) is 13.8 Å². The van der Waals surface area contributed by atoms with Crippen molar-refractivity contribution in [3.8, 4) is 11.4 Å². The third-order valence-corrected chi connectivity index (χ3v) is 6.52. The number of hydrogen-bond donors (Lipinski definition) is 2. The molecule has 0 radical (unpaired) electrons. The van der Waals surface area contributed by atoms with Gasteiger partial charge in [-0.2, -0.15) is 0 Å². The van der Waals surface area contributed by atoms with Gasteiger partial charge in [-0.05, 0) is 37.1 Å². The highest BCUT2D eigenvalue weighted by molar-refractivity contribution is 5.94. The summed E-state index contributed by atoms with van der Waals surface area (Å²) < 4.78 is 49.8. The fraction of sp³-hybridized carbons (Fsp3) is 0.346. The SMILES string of the molecule is C=CC[C@]1(C[C@@H](CF)C(=O)O)OCC(C)(C)c2c1c1c(O)cccc1n2-c1ccc(F)c(F)c1. The molecule has 180 valence electrons. The van der Waals surface area contributed by atoms with E-state index in [0.29, 0.717) is 27.8 Å². The second-order valence-electron chi connectivity index (χ2n) is 9.38. The maximum absolute atomic E-state index is 14.3. The number of hydrogen-bond acceptors (Lipinski definition) is 3. The molecule has 0 unspecified atom stereocenters. The van der Waals surface area contributed by atoms with Crippen LogP contribution >= 0.6 is 0 Å². The standard InChI is InChI=1S/C26H26F3NO4/c1-4-10-26(12-15(13-27)24(32)33)22-21-19(6-5-7-20(21)31)30(23(22)25(2,3)14-34-26)16-8-9-17(28)18(29)11-16/h4-9,11,15,31H,1,10,12-14H2,2-3H3,(H,32,33)/t15-,26+/m0/s1. The van der Waals surface area contributed by atoms with Crippen LogP contribution in [0.25, 0.3) is 16.6 Å². The molecule has 1 aromatic heterocycles. The van der Waals surface area contributed by atoms with Crippen molar-refractivity contribution in [1.29, 1.82) is 0 Å². The predicted molar refractivity (Wildman–Crippen MR) is 122 cm³/mol. The van der Waals surface area contributed by atoms with Crippen molar-refractivity contribution < 1.29 is 32.9 Å². The van der Waals surface area contributed by atoms with E-state index < -0.39 is 41.2 Å². The Kier molecular flexibility index (Phi) is 5.97. The summed E-state index contributed by atoms with van der Waals surface area (Å²) >= 11 is 0. The molecule has 2 N–H and O–H groups in total. The van der Waals surface area contributed by atoms with Gasteiger partial charge < -0.3 is 19.5 Å². The lowest BCUT2D eigenvalue weighted by atomic mass is 9.73. The number of alkyl halides is 1. The molecular formula is C26H26F3NO4. The van der Waals surface area contributed by atoms with Crippen molar-refractivity contribution in [3.63, 3.8) is 0 Å². The number of aliphatic carboxylic acids is 1. The van der Waals surface area contributed by atoms with Crippen molar-refractivity contribution >= 4 is 16.9 Å². The molecular weight excluding hydrogens is 447 g/mol. The molecule has 5 nitrogen and oxygen atoms in total. The lowest BCUT2D eigenvalue weighted by molar-refractivity contribution is -0.149. The number of aromatic hydroxyl groups is 1. The second kappa shape index (κ2) is 8.51. The summed E-state index contributed by atoms with van der Waals surface area (Å²) in [7, 11) is 0. The van der Waals surface area contributed by atoms with E-state index in [1.165, 1.54) is 12.1 Å². The van der Waals surface area contributed by atoms with Crippen LogP contribution in [-0.2, 0) is 20.5 Å². The Labute approximate surface area is 195 Å². The highest BCUT2D eigenvalue weighted by atomic mass is 19.2. The number of nitrogens with zero attached hydrogens (tertiary/aromatic N) is 1. The number of benzene rings is 2. The van der Waals surface area contributed by atoms with Gasteiger partial charge in [0, 0.05) is 33.8 Å². The largest absolute Gasteiger partial charge is 0.507 e. The van der Waals surface area contributed by atoms with Gasteiger partial charge >= 0.3 is 5.97 Å². The Hall–Kier alpha value is -3.26. The number of halogens is 3. The summed E-state index contributed by atoms with van der Waals surface area (Å²) in [6.07, 6.45) is 1.53. The van der Waals surface area contributed by atoms with Crippen molar-refractivity contribution in [2.24, 2.45) is 5.92 Å². The zero-order valence-electron chi connectivity index (χ0n) is 18.9. The number of carboxylic acids is 1. The normalized spacial score (nSPS) is 20.1. The number of phenolic OH excluding ortho intramolecular Hbond substituents is 1. The summed E-state index contributed by atoms with van der Waals surface area (Å²) in [5, 5.41) is 20.9. The van der Waals surface area contributed by atoms with E-state index in [-0.39, 0.29) is 25.2 Å². The van der Waals surface area contributed by atoms with E-state index in [1.54, 1.807) is 22.8 Å². The van der Waals surface area contributed by atoms with Crippen LogP contribution in [0, 0.1) is 17.6 Å². The highest BCUT2D eigenvalue weighted by Gasteiger charge is 2.49. The van der Waals surface area contributed by atoms with Gasteiger partial charge in [0.05, 0.1) is 23.6 Å². The molecule has 0 amide bonds. The molecule has 2 atom stereocenters. The van der Waals surface area contributed by atoms with Gasteiger partial charge in [-0.15, -0.1) is 6.58 Å². The second-order valence-corrected chi connectivity index (χ2v) is 9.38. The number of carboxylic acid groups (broad SMARTS) is 1. The Morgan fingerprint density at radius 2 is 2.00 bits per heavy atom. The summed E-state index contributed by atoms with van der Waals surface area (Å²) in [5.74, 6) is -4.75. The van der Waals surface area contributed by atoms with Crippen molar-refractivity contribution in [3.05, 3.63) is 71.9 Å². The monoisotopic (exact) mass is 473 g/mol. The minimum atomic E-state index is -1.35. The summed E-state index contributed by atoms with van der Waals surface area (Å²) in [4.78, 5) is 11.8. The van der Waals surface area contributed by atoms with Crippen molar-refractivity contribution in [1.82, 2.24) is 4.57 Å². The summed E-state index contributed by atoms with van der Waals surface area (Å²) in [5.41, 5.74) is 0.00823. The third-order valence-electron chi connectivity index (χ3n) is 6.52. The molecule has 0 fully saturated rings. The van der Waals surface area contributed by atoms with Crippen LogP contribution in [0.3, 0.4) is 0 Å². The zero-order valence-corrected chi connectivity index (χ0v) is 18.9. The first-order valence-electron chi connectivity index (χ1n) is 10.9. The third kappa shape index (κ3) is 3.66. The Bertz CT molecular complexity index is 1280. The number of phenols is 1. The van der Waals surface area contributed by atoms with Gasteiger partial charge in [-0.1, -0.05) is 26.0 Å². The fourth-order valence-corrected chi connectivity index (χ4v) is 5.00. The molecule has 0 saturated heterocycles. The van der Waals surface area contributed by atoms with Gasteiger partial charge in [0.25, 0.3) is 0 Å². The van der Waals surface area contributed by atoms with E-state index in [0.717, 1.165) is 12.1 Å². The van der Waals surface area contributed by atoms with E-state index >= 15 is 0 Å². The maximum atomic E-state index is 14.3. The molecule has 3 aromatic rings. The van der Waals surface area contributed by atoms with Crippen molar-refractivity contribution in [2.45, 2.75) is 37.7 Å². The van der Waals surface area contributed by atoms with Gasteiger partial charge in [-0.25, -0.2) is 8.78 Å². The van der Waals surface area contributed by atoms with E-state index in [2.05, 4.69) is 6.58 Å². The maximum Gasteiger partial charge on any atom is 0.309 e. The predicted octanol–water partition coefficient (Wildman–Crippen LogP) is 5.75. The number of aromatic nitrogens is 1. The van der Waals surface area contributed by atoms with Crippen LogP contribution in [0.1, 0.15) is 37.9 Å². The van der Waals surface area contributed by atoms with Crippen LogP contribution < -0.4 is 0 Å². The van der Waals surface area contributed by atoms with Gasteiger partial charge in [0.15, 0.2) is 11.6 Å². The van der Waals surface area contributed by atoms with E-state index in [9.17, 15) is 28.2 Å². The van der Waals surface area contributed by atoms with Crippen LogP contribution in [0.2, 0.25) is 0 Å². The first-order valence-corrected chi connectivity index (χ1v) is 10.9. The average molecular weight is 473 g/mol. The topological polar surface area (TPSA) is 71.7 Å². The summed E-state index contributed by atoms with van der Waals surface area (Å²) in [6.45, 7) is 6.65. The average Bonchev–Trinajstić information content (AvgIpc) is 3.15. The lowest BCUT2D eigenvalue weighted by Crippen LogP contribution is -2.45. The van der Waals surface area contributed by atoms with Gasteiger partial charge in [-0.3, -0.25) is 9.18 Å². The van der Waals surface area contributed by atoms with Crippen molar-refractivity contribution in [2.75, 3.05) is 13.3 Å². The fourth-order valence-electron chi connectivity index (χ4n) is 5.00. The van der Waals surface area contributed by atoms with E-state index in [4.69, 9.17) is 4.74 Å². The number of ether oxygens (including phenoxy) is 1. The Morgan fingerprint density at radius 1 is 1.26 bits per heavy atom. The molecule has 0 spiro atoms. The molecule has 1 aliphatic rings. The zero-order chi connectivity index (χ0) is 24.8. The van der Waals surface area contributed by atoms with Gasteiger partial charge in [0.2, 0.25) is 0 Å². The number of rotatable bonds is 7. The molecule has 4 rings (SSSR count). The molecule has 0 aliphatic carbocycles. The van der Waals surface area contributed by atoms with Gasteiger partial charge in [0.1, 0.15) is 12.4 Å². The molecule has 34 heavy (non-hydrogen) atoms. The van der Waals surface area contributed by atoms with Crippen LogP contribution in [0.4, 0.5) is 13.2 Å². The minimum absolute atomic E-state index is 0.0862. The highest BCUT2D eigenvalue weighted by Crippen LogP contribution is 2.53. The molecule has 0 bridgehead atoms. The first-order chi connectivity index (χ1) is 16.1. The molecule has 2 aromatic carbocycles. The van der Waals surface area contributed by atoms with Crippen LogP contribution in [0.5, 0.6) is 5.75 Å². The molecule has 8 heteroatoms. The summed E-state index contributed by atoms with van der Waals surface area (Å²) in [6, 6.07) is 8.38. The molecule has 1 aliphatic heterocycles. The minimum Gasteiger partial charge on any atom is -0.507 e.